The zero-order chi connectivity index (χ0) is 51.7. The van der Waals surface area contributed by atoms with E-state index in [1.54, 1.807) is 41.5 Å². The Bertz CT molecular complexity index is 2880. The summed E-state index contributed by atoms with van der Waals surface area (Å²) in [5.74, 6) is -17.1. The van der Waals surface area contributed by atoms with Gasteiger partial charge in [-0.15, -0.1) is 0 Å². The minimum absolute atomic E-state index is 0.0577. The van der Waals surface area contributed by atoms with Crippen molar-refractivity contribution < 1.29 is 84.8 Å². The Morgan fingerprint density at radius 2 is 0.871 bits per heavy atom. The van der Waals surface area contributed by atoms with Gasteiger partial charge in [-0.05, 0) is 158 Å². The number of carbonyl (C=O) groups is 2. The molecule has 0 aliphatic carbocycles. The number of benzene rings is 6. The van der Waals surface area contributed by atoms with Gasteiger partial charge in [0, 0.05) is 14.7 Å². The van der Waals surface area contributed by atoms with Gasteiger partial charge < -0.3 is 23.7 Å². The van der Waals surface area contributed by atoms with E-state index in [0.29, 0.717) is 0 Å². The molecule has 21 heteroatoms. The van der Waals surface area contributed by atoms with Crippen LogP contribution in [0, 0.1) is 0 Å². The second kappa shape index (κ2) is 19.5. The van der Waals surface area contributed by atoms with Gasteiger partial charge in [-0.3, -0.25) is 0 Å². The highest BCUT2D eigenvalue weighted by Gasteiger charge is 2.86. The number of alkyl halides is 9. The molecule has 0 atom stereocenters. The molecule has 0 radical (unpaired) electrons. The summed E-state index contributed by atoms with van der Waals surface area (Å²) in [4.78, 5) is 23.5. The van der Waals surface area contributed by atoms with Gasteiger partial charge in [-0.25, -0.2) is 13.2 Å². The lowest BCUT2D eigenvalue weighted by molar-refractivity contribution is -0.382. The lowest BCUT2D eigenvalue weighted by Crippen LogP contribution is -2.63. The van der Waals surface area contributed by atoms with E-state index in [4.69, 9.17) is 27.3 Å². The van der Waals surface area contributed by atoms with Crippen LogP contribution in [0.3, 0.4) is 0 Å². The molecular weight excluding hydrogens is 984 g/mol. The second-order valence-corrected chi connectivity index (χ2v) is 22.0. The molecule has 10 nitrogen and oxygen atoms in total. The first-order chi connectivity index (χ1) is 32.4. The molecule has 0 N–H and O–H groups in total. The molecule has 0 spiro atoms. The number of hydrogen-bond acceptors (Lipinski definition) is 10. The quantitative estimate of drug-likeness (QED) is 0.0495. The van der Waals surface area contributed by atoms with Crippen LogP contribution in [0.1, 0.15) is 47.1 Å². The molecule has 6 rings (SSSR count). The molecule has 70 heavy (non-hydrogen) atoms. The monoisotopic (exact) mass is 1030 g/mol. The molecule has 0 bridgehead atoms. The van der Waals surface area contributed by atoms with E-state index in [1.165, 1.54) is 12.1 Å². The molecular formula is C49H45F9O10S2. The van der Waals surface area contributed by atoms with Gasteiger partial charge in [-0.1, -0.05) is 48.5 Å². The van der Waals surface area contributed by atoms with Crippen LogP contribution in [-0.4, -0.2) is 68.0 Å². The Morgan fingerprint density at radius 1 is 0.486 bits per heavy atom. The third-order valence-electron chi connectivity index (χ3n) is 9.89. The van der Waals surface area contributed by atoms with Crippen molar-refractivity contribution in [2.75, 3.05) is 13.2 Å². The minimum Gasteiger partial charge on any atom is -0.489 e. The van der Waals surface area contributed by atoms with Gasteiger partial charge in [0.15, 0.2) is 13.2 Å². The third-order valence-corrected chi connectivity index (χ3v) is 15.1. The van der Waals surface area contributed by atoms with E-state index in [2.05, 4.69) is 0 Å². The van der Waals surface area contributed by atoms with Crippen LogP contribution in [0.2, 0.25) is 0 Å². The summed E-state index contributed by atoms with van der Waals surface area (Å²) >= 11 is 0. The summed E-state index contributed by atoms with van der Waals surface area (Å²) in [6, 6.07) is 30.1. The summed E-state index contributed by atoms with van der Waals surface area (Å²) in [5.41, 5.74) is -1.10. The average molecular weight is 1030 g/mol. The van der Waals surface area contributed by atoms with E-state index in [-0.39, 0.29) is 23.9 Å². The van der Waals surface area contributed by atoms with Gasteiger partial charge in [0.25, 0.3) is 0 Å². The molecule has 376 valence electrons. The van der Waals surface area contributed by atoms with Gasteiger partial charge in [0.05, 0.1) is 0 Å². The molecule has 0 amide bonds. The lowest BCUT2D eigenvalue weighted by atomic mass is 9.98. The maximum atomic E-state index is 15.8. The Kier molecular flexibility index (Phi) is 14.8. The molecule has 6 aromatic rings. The first kappa shape index (κ1) is 53.2. The smallest absolute Gasteiger partial charge is 0.460 e. The number of carbonyl (C=O) groups excluding carboxylic acids is 2. The maximum absolute atomic E-state index is 15.8. The average Bonchev–Trinajstić information content (AvgIpc) is 3.27. The predicted molar refractivity (Wildman–Crippen MR) is 241 cm³/mol. The predicted octanol–water partition coefficient (Wildman–Crippen LogP) is 13.0. The molecule has 0 aliphatic rings. The van der Waals surface area contributed by atoms with E-state index in [0.717, 1.165) is 87.8 Å². The Morgan fingerprint density at radius 3 is 1.29 bits per heavy atom. The summed E-state index contributed by atoms with van der Waals surface area (Å²) < 4.78 is 190. The summed E-state index contributed by atoms with van der Waals surface area (Å²) in [7, 11) is -12.2. The van der Waals surface area contributed by atoms with Crippen molar-refractivity contribution >= 4 is 53.9 Å². The Hall–Kier alpha value is -6.19. The van der Waals surface area contributed by atoms with Gasteiger partial charge in [-0.2, -0.15) is 47.9 Å². The van der Waals surface area contributed by atoms with Crippen LogP contribution in [0.4, 0.5) is 39.5 Å². The molecule has 0 fully saturated rings. The first-order valence-electron chi connectivity index (χ1n) is 20.9. The molecule has 0 heterocycles. The van der Waals surface area contributed by atoms with Crippen LogP contribution in [0.5, 0.6) is 17.2 Å². The van der Waals surface area contributed by atoms with Gasteiger partial charge >= 0.3 is 45.3 Å². The number of rotatable bonds is 17. The van der Waals surface area contributed by atoms with E-state index in [9.17, 15) is 40.0 Å². The fraction of sp³-hybridized carbons (Fsp3) is 0.306. The SMILES string of the molecule is CC(C)(C)OC(=O)COc1ccc(S(OS(=O)(=O)C(F)(F)C(F)(F)C(F)(F)C(F)(F)F)(c2ccc(OCC(=O)OC(C)(C)C)cc2)c2ccc(OCc3cc4ccccc4c4ccccc34)cc2)cc1. The van der Waals surface area contributed by atoms with Crippen molar-refractivity contribution in [2.45, 2.75) is 97.3 Å². The highest BCUT2D eigenvalue weighted by atomic mass is 32.3. The highest BCUT2D eigenvalue weighted by molar-refractivity contribution is 8.33. The fourth-order valence-corrected chi connectivity index (χ4v) is 12.0. The van der Waals surface area contributed by atoms with E-state index >= 15 is 17.6 Å². The van der Waals surface area contributed by atoms with Crippen LogP contribution < -0.4 is 14.2 Å². The number of halogens is 9. The summed E-state index contributed by atoms with van der Waals surface area (Å²) in [5, 5.41) is -3.66. The molecule has 0 aromatic heterocycles. The highest BCUT2D eigenvalue weighted by Crippen LogP contribution is 2.72. The van der Waals surface area contributed by atoms with Crippen LogP contribution in [0.25, 0.3) is 21.5 Å². The maximum Gasteiger partial charge on any atom is 0.460 e. The standard InChI is InChI=1S/C49H45F9O10S2/c1-44(2,3)66-42(59)29-64-34-17-23-37(24-18-34)69(38-25-19-35(20-26-38)65-30-43(60)67-45(4,5)6,68-70(61,62)49(57,58)47(52,53)46(50,51)48(54,55)56)36-21-15-33(16-22-36)63-28-32-27-31-11-7-8-12-39(31)41-14-10-9-13-40(32)41/h7-27H,28-30H2,1-6H3. The fourth-order valence-electron chi connectivity index (χ4n) is 6.84. The molecule has 0 aliphatic heterocycles. The Labute approximate surface area is 398 Å². The number of esters is 2. The Balaban J connectivity index is 1.49. The topological polar surface area (TPSA) is 124 Å². The third kappa shape index (κ3) is 11.2. The molecule has 6 aromatic carbocycles. The van der Waals surface area contributed by atoms with Crippen molar-refractivity contribution in [1.29, 1.82) is 0 Å². The summed E-state index contributed by atoms with van der Waals surface area (Å²) in [6.07, 6.45) is -7.36. The zero-order valence-electron chi connectivity index (χ0n) is 38.0. The van der Waals surface area contributed by atoms with Crippen molar-refractivity contribution in [3.63, 3.8) is 0 Å². The minimum atomic E-state index is -7.65. The van der Waals surface area contributed by atoms with Crippen LogP contribution >= 0.6 is 10.3 Å². The van der Waals surface area contributed by atoms with Gasteiger partial charge in [0.2, 0.25) is 0 Å². The normalized spacial score (nSPS) is 13.5. The number of hydrogen-bond donors (Lipinski definition) is 0. The van der Waals surface area contributed by atoms with Crippen molar-refractivity contribution in [3.05, 3.63) is 133 Å². The molecule has 0 unspecified atom stereocenters. The van der Waals surface area contributed by atoms with Gasteiger partial charge in [0.1, 0.15) is 35.1 Å². The lowest BCUT2D eigenvalue weighted by Gasteiger charge is -2.41. The molecule has 0 saturated carbocycles. The van der Waals surface area contributed by atoms with E-state index in [1.807, 2.05) is 54.6 Å². The summed E-state index contributed by atoms with van der Waals surface area (Å²) in [6.45, 7) is 8.13. The van der Waals surface area contributed by atoms with Crippen LogP contribution in [-0.2, 0) is 39.4 Å². The van der Waals surface area contributed by atoms with Crippen molar-refractivity contribution in [2.24, 2.45) is 0 Å². The van der Waals surface area contributed by atoms with Crippen molar-refractivity contribution in [3.8, 4) is 17.2 Å². The van der Waals surface area contributed by atoms with E-state index < -0.39 is 94.7 Å². The zero-order valence-corrected chi connectivity index (χ0v) is 39.7. The van der Waals surface area contributed by atoms with Crippen LogP contribution in [0.15, 0.2) is 142 Å². The second-order valence-electron chi connectivity index (χ2n) is 17.5. The largest absolute Gasteiger partial charge is 0.489 e. The number of fused-ring (bicyclic) bond motifs is 3. The first-order valence-corrected chi connectivity index (χ1v) is 23.9. The number of ether oxygens (including phenoxy) is 5. The van der Waals surface area contributed by atoms with Crippen molar-refractivity contribution in [1.82, 2.24) is 0 Å². The molecule has 0 saturated heterocycles.